The van der Waals surface area contributed by atoms with Gasteiger partial charge in [0.15, 0.2) is 6.29 Å². The van der Waals surface area contributed by atoms with E-state index in [0.29, 0.717) is 12.4 Å². The molecule has 2 rings (SSSR count). The van der Waals surface area contributed by atoms with Gasteiger partial charge in [-0.05, 0) is 43.5 Å². The van der Waals surface area contributed by atoms with Gasteiger partial charge in [0.25, 0.3) is 0 Å². The molecule has 1 unspecified atom stereocenters. The summed E-state index contributed by atoms with van der Waals surface area (Å²) in [6.07, 6.45) is 3.26. The van der Waals surface area contributed by atoms with Crippen molar-refractivity contribution in [1.29, 1.82) is 0 Å². The van der Waals surface area contributed by atoms with E-state index in [-0.39, 0.29) is 6.29 Å². The first-order valence-corrected chi connectivity index (χ1v) is 7.71. The lowest BCUT2D eigenvalue weighted by atomic mass is 10.2. The van der Waals surface area contributed by atoms with Gasteiger partial charge in [0.2, 0.25) is 0 Å². The SMILES string of the molecule is OB(O)Oc1ccc(SCCOC2CCCCO2)cc1. The van der Waals surface area contributed by atoms with Crippen molar-refractivity contribution in [2.75, 3.05) is 19.0 Å². The molecule has 1 aliphatic rings. The summed E-state index contributed by atoms with van der Waals surface area (Å²) in [6.45, 7) is 1.46. The lowest BCUT2D eigenvalue weighted by molar-refractivity contribution is -0.158. The van der Waals surface area contributed by atoms with Gasteiger partial charge in [-0.25, -0.2) is 0 Å². The van der Waals surface area contributed by atoms with Crippen LogP contribution < -0.4 is 4.65 Å². The Bertz CT molecular complexity index is 381. The first-order chi connectivity index (χ1) is 9.74. The van der Waals surface area contributed by atoms with E-state index in [1.54, 1.807) is 23.9 Å². The van der Waals surface area contributed by atoms with Gasteiger partial charge in [0.1, 0.15) is 5.75 Å². The smallest absolute Gasteiger partial charge is 0.512 e. The predicted octanol–water partition coefficient (Wildman–Crippen LogP) is 1.67. The van der Waals surface area contributed by atoms with Gasteiger partial charge >= 0.3 is 7.32 Å². The zero-order valence-corrected chi connectivity index (χ0v) is 12.1. The van der Waals surface area contributed by atoms with Crippen molar-refractivity contribution in [3.05, 3.63) is 24.3 Å². The van der Waals surface area contributed by atoms with E-state index >= 15 is 0 Å². The minimum atomic E-state index is -1.78. The Labute approximate surface area is 123 Å². The molecule has 0 bridgehead atoms. The Morgan fingerprint density at radius 1 is 1.25 bits per heavy atom. The third kappa shape index (κ3) is 5.72. The summed E-state index contributed by atoms with van der Waals surface area (Å²) < 4.78 is 15.9. The van der Waals surface area contributed by atoms with E-state index in [1.807, 2.05) is 12.1 Å². The molecule has 0 radical (unpaired) electrons. The average molecular weight is 298 g/mol. The predicted molar refractivity (Wildman–Crippen MR) is 77.5 cm³/mol. The highest BCUT2D eigenvalue weighted by atomic mass is 32.2. The molecule has 5 nitrogen and oxygen atoms in total. The highest BCUT2D eigenvalue weighted by molar-refractivity contribution is 7.99. The van der Waals surface area contributed by atoms with Crippen molar-refractivity contribution in [3.8, 4) is 5.75 Å². The Hall–Kier alpha value is -0.725. The van der Waals surface area contributed by atoms with Crippen LogP contribution in [0.25, 0.3) is 0 Å². The van der Waals surface area contributed by atoms with Crippen LogP contribution in [0.5, 0.6) is 5.75 Å². The van der Waals surface area contributed by atoms with Crippen molar-refractivity contribution in [2.24, 2.45) is 0 Å². The van der Waals surface area contributed by atoms with Gasteiger partial charge in [0.05, 0.1) is 6.61 Å². The topological polar surface area (TPSA) is 68.2 Å². The van der Waals surface area contributed by atoms with Crippen molar-refractivity contribution < 1.29 is 24.2 Å². The molecule has 20 heavy (non-hydrogen) atoms. The molecule has 0 saturated carbocycles. The second-order valence-corrected chi connectivity index (χ2v) is 5.60. The number of hydrogen-bond donors (Lipinski definition) is 2. The minimum absolute atomic E-state index is 0.0360. The molecule has 2 N–H and O–H groups in total. The zero-order valence-electron chi connectivity index (χ0n) is 11.2. The van der Waals surface area contributed by atoms with Crippen LogP contribution in [-0.2, 0) is 9.47 Å². The molecule has 1 saturated heterocycles. The van der Waals surface area contributed by atoms with E-state index in [2.05, 4.69) is 0 Å². The van der Waals surface area contributed by atoms with Crippen LogP contribution in [0.1, 0.15) is 19.3 Å². The fourth-order valence-corrected chi connectivity index (χ4v) is 2.66. The summed E-state index contributed by atoms with van der Waals surface area (Å²) in [5.74, 6) is 1.28. The van der Waals surface area contributed by atoms with Gasteiger partial charge in [-0.2, -0.15) is 0 Å². The van der Waals surface area contributed by atoms with E-state index in [4.69, 9.17) is 24.2 Å². The molecule has 1 heterocycles. The van der Waals surface area contributed by atoms with Crippen molar-refractivity contribution in [2.45, 2.75) is 30.4 Å². The standard InChI is InChI=1S/C13H19BO5S/c15-14(16)19-11-4-6-12(7-5-11)20-10-9-18-13-3-1-2-8-17-13/h4-7,13,15-16H,1-3,8-10H2. The number of hydrogen-bond acceptors (Lipinski definition) is 6. The monoisotopic (exact) mass is 298 g/mol. The summed E-state index contributed by atoms with van der Waals surface area (Å²) in [4.78, 5) is 1.08. The Balaban J connectivity index is 1.63. The first kappa shape index (κ1) is 15.7. The third-order valence-electron chi connectivity index (χ3n) is 2.86. The van der Waals surface area contributed by atoms with Gasteiger partial charge < -0.3 is 24.2 Å². The van der Waals surface area contributed by atoms with Gasteiger partial charge in [-0.3, -0.25) is 0 Å². The van der Waals surface area contributed by atoms with E-state index in [9.17, 15) is 0 Å². The maximum Gasteiger partial charge on any atom is 0.707 e. The highest BCUT2D eigenvalue weighted by Crippen LogP contribution is 2.22. The normalized spacial score (nSPS) is 18.8. The molecule has 1 atom stereocenters. The first-order valence-electron chi connectivity index (χ1n) is 6.73. The van der Waals surface area contributed by atoms with Crippen LogP contribution >= 0.6 is 11.8 Å². The molecular weight excluding hydrogens is 279 g/mol. The molecule has 7 heteroatoms. The molecular formula is C13H19BO5S. The lowest BCUT2D eigenvalue weighted by Crippen LogP contribution is -2.23. The average Bonchev–Trinajstić information content (AvgIpc) is 2.46. The van der Waals surface area contributed by atoms with Crippen LogP contribution in [0.15, 0.2) is 29.2 Å². The molecule has 0 aliphatic carbocycles. The summed E-state index contributed by atoms with van der Waals surface area (Å²) in [7, 11) is -1.78. The molecule has 1 aliphatic heterocycles. The second kappa shape index (κ2) is 8.54. The molecule has 1 fully saturated rings. The summed E-state index contributed by atoms with van der Waals surface area (Å²) in [6, 6.07) is 7.15. The Kier molecular flexibility index (Phi) is 6.68. The molecule has 1 aromatic carbocycles. The number of ether oxygens (including phenoxy) is 2. The summed E-state index contributed by atoms with van der Waals surface area (Å²) in [5.41, 5.74) is 0. The van der Waals surface area contributed by atoms with E-state index < -0.39 is 7.32 Å². The van der Waals surface area contributed by atoms with Gasteiger partial charge in [0, 0.05) is 17.3 Å². The van der Waals surface area contributed by atoms with Crippen LogP contribution in [0.3, 0.4) is 0 Å². The second-order valence-electron chi connectivity index (χ2n) is 4.43. The minimum Gasteiger partial charge on any atom is -0.512 e. The van der Waals surface area contributed by atoms with Gasteiger partial charge in [-0.1, -0.05) is 0 Å². The van der Waals surface area contributed by atoms with Crippen molar-refractivity contribution in [3.63, 3.8) is 0 Å². The number of rotatable bonds is 7. The molecule has 110 valence electrons. The van der Waals surface area contributed by atoms with Gasteiger partial charge in [-0.15, -0.1) is 11.8 Å². The van der Waals surface area contributed by atoms with Crippen LogP contribution in [0.4, 0.5) is 0 Å². The zero-order chi connectivity index (χ0) is 14.2. The highest BCUT2D eigenvalue weighted by Gasteiger charge is 2.13. The summed E-state index contributed by atoms with van der Waals surface area (Å²) in [5, 5.41) is 17.3. The Morgan fingerprint density at radius 2 is 2.05 bits per heavy atom. The summed E-state index contributed by atoms with van der Waals surface area (Å²) >= 11 is 1.68. The van der Waals surface area contributed by atoms with Crippen LogP contribution in [-0.4, -0.2) is 42.6 Å². The molecule has 0 aromatic heterocycles. The fraction of sp³-hybridized carbons (Fsp3) is 0.538. The molecule has 0 amide bonds. The van der Waals surface area contributed by atoms with Crippen molar-refractivity contribution >= 4 is 19.1 Å². The van der Waals surface area contributed by atoms with Crippen LogP contribution in [0, 0.1) is 0 Å². The fourth-order valence-electron chi connectivity index (χ4n) is 1.92. The van der Waals surface area contributed by atoms with Crippen LogP contribution in [0.2, 0.25) is 0 Å². The quantitative estimate of drug-likeness (QED) is 0.453. The number of thioether (sulfide) groups is 1. The van der Waals surface area contributed by atoms with E-state index in [0.717, 1.165) is 30.1 Å². The largest absolute Gasteiger partial charge is 0.707 e. The van der Waals surface area contributed by atoms with E-state index in [1.165, 1.54) is 6.42 Å². The maximum absolute atomic E-state index is 8.67. The van der Waals surface area contributed by atoms with Crippen molar-refractivity contribution in [1.82, 2.24) is 0 Å². The molecule has 1 aromatic rings. The lowest BCUT2D eigenvalue weighted by Gasteiger charge is -2.22. The maximum atomic E-state index is 8.67. The number of benzene rings is 1. The third-order valence-corrected chi connectivity index (χ3v) is 3.84. The Morgan fingerprint density at radius 3 is 2.70 bits per heavy atom. The molecule has 0 spiro atoms.